The van der Waals surface area contributed by atoms with Gasteiger partial charge in [-0.15, -0.1) is 0 Å². The molecule has 0 saturated heterocycles. The SMILES string of the molecule is COC(=O)C[C@H](N)c1cc(Br)c(Br)o1. The van der Waals surface area contributed by atoms with Crippen LogP contribution >= 0.6 is 31.9 Å². The Morgan fingerprint density at radius 1 is 1.71 bits per heavy atom. The van der Waals surface area contributed by atoms with Gasteiger partial charge in [-0.3, -0.25) is 4.79 Å². The zero-order valence-electron chi connectivity index (χ0n) is 7.42. The highest BCUT2D eigenvalue weighted by Gasteiger charge is 2.17. The van der Waals surface area contributed by atoms with Crippen LogP contribution in [0.4, 0.5) is 0 Å². The van der Waals surface area contributed by atoms with Crippen LogP contribution in [-0.4, -0.2) is 13.1 Å². The lowest BCUT2D eigenvalue weighted by molar-refractivity contribution is -0.141. The first-order chi connectivity index (χ1) is 6.54. The second-order valence-electron chi connectivity index (χ2n) is 2.66. The summed E-state index contributed by atoms with van der Waals surface area (Å²) >= 11 is 6.44. The molecule has 2 N–H and O–H groups in total. The lowest BCUT2D eigenvalue weighted by atomic mass is 10.2. The van der Waals surface area contributed by atoms with Gasteiger partial charge in [-0.25, -0.2) is 0 Å². The average Bonchev–Trinajstić information content (AvgIpc) is 2.47. The molecule has 0 aliphatic carbocycles. The van der Waals surface area contributed by atoms with E-state index in [4.69, 9.17) is 10.2 Å². The van der Waals surface area contributed by atoms with Crippen molar-refractivity contribution in [2.75, 3.05) is 7.11 Å². The molecule has 1 aromatic rings. The number of nitrogens with two attached hydrogens (primary N) is 1. The zero-order chi connectivity index (χ0) is 10.7. The van der Waals surface area contributed by atoms with Crippen molar-refractivity contribution < 1.29 is 13.9 Å². The molecule has 0 spiro atoms. The molecule has 1 aromatic heterocycles. The molecule has 0 saturated carbocycles. The molecule has 0 aromatic carbocycles. The molecule has 6 heteroatoms. The third-order valence-corrected chi connectivity index (χ3v) is 3.35. The van der Waals surface area contributed by atoms with E-state index >= 15 is 0 Å². The van der Waals surface area contributed by atoms with E-state index in [9.17, 15) is 4.79 Å². The number of rotatable bonds is 3. The molecule has 1 heterocycles. The van der Waals surface area contributed by atoms with Crippen molar-refractivity contribution in [2.45, 2.75) is 12.5 Å². The molecule has 0 unspecified atom stereocenters. The number of carbonyl (C=O) groups is 1. The Balaban J connectivity index is 2.69. The van der Waals surface area contributed by atoms with Crippen molar-refractivity contribution in [3.8, 4) is 0 Å². The van der Waals surface area contributed by atoms with Gasteiger partial charge in [0.05, 0.1) is 24.0 Å². The smallest absolute Gasteiger partial charge is 0.307 e. The van der Waals surface area contributed by atoms with Gasteiger partial charge in [-0.1, -0.05) is 0 Å². The fraction of sp³-hybridized carbons (Fsp3) is 0.375. The van der Waals surface area contributed by atoms with Crippen LogP contribution in [0.5, 0.6) is 0 Å². The molecule has 0 aliphatic heterocycles. The summed E-state index contributed by atoms with van der Waals surface area (Å²) < 4.78 is 11.1. The highest BCUT2D eigenvalue weighted by Crippen LogP contribution is 2.30. The van der Waals surface area contributed by atoms with Crippen LogP contribution in [0, 0.1) is 0 Å². The minimum atomic E-state index is -0.481. The predicted octanol–water partition coefficient (Wildman–Crippen LogP) is 2.37. The van der Waals surface area contributed by atoms with Gasteiger partial charge in [0.2, 0.25) is 0 Å². The number of methoxy groups -OCH3 is 1. The van der Waals surface area contributed by atoms with Crippen LogP contribution in [0.15, 0.2) is 19.6 Å². The molecule has 1 atom stereocenters. The Morgan fingerprint density at radius 2 is 2.36 bits per heavy atom. The van der Waals surface area contributed by atoms with Crippen LogP contribution in [0.2, 0.25) is 0 Å². The molecule has 0 bridgehead atoms. The molecular weight excluding hydrogens is 318 g/mol. The second kappa shape index (κ2) is 4.95. The number of ether oxygens (including phenoxy) is 1. The van der Waals surface area contributed by atoms with Crippen LogP contribution in [0.25, 0.3) is 0 Å². The molecule has 4 nitrogen and oxygen atoms in total. The molecule has 0 amide bonds. The Hall–Kier alpha value is -0.330. The van der Waals surface area contributed by atoms with Crippen molar-refractivity contribution in [2.24, 2.45) is 5.73 Å². The van der Waals surface area contributed by atoms with Crippen LogP contribution in [0.1, 0.15) is 18.2 Å². The number of hydrogen-bond donors (Lipinski definition) is 1. The Kier molecular flexibility index (Phi) is 4.15. The van der Waals surface area contributed by atoms with E-state index in [1.165, 1.54) is 7.11 Å². The predicted molar refractivity (Wildman–Crippen MR) is 57.7 cm³/mol. The largest absolute Gasteiger partial charge is 0.469 e. The summed E-state index contributed by atoms with van der Waals surface area (Å²) in [6, 6.07) is 1.24. The van der Waals surface area contributed by atoms with Gasteiger partial charge in [0.15, 0.2) is 4.67 Å². The minimum absolute atomic E-state index is 0.100. The van der Waals surface area contributed by atoms with E-state index < -0.39 is 6.04 Å². The highest BCUT2D eigenvalue weighted by atomic mass is 79.9. The fourth-order valence-corrected chi connectivity index (χ4v) is 1.52. The number of carbonyl (C=O) groups excluding carboxylic acids is 1. The maximum atomic E-state index is 10.9. The highest BCUT2D eigenvalue weighted by molar-refractivity contribution is 9.13. The third-order valence-electron chi connectivity index (χ3n) is 1.64. The molecule has 78 valence electrons. The minimum Gasteiger partial charge on any atom is -0.469 e. The fourth-order valence-electron chi connectivity index (χ4n) is 0.910. The molecular formula is C8H9Br2NO3. The zero-order valence-corrected chi connectivity index (χ0v) is 10.6. The average molecular weight is 327 g/mol. The van der Waals surface area contributed by atoms with Gasteiger partial charge in [0, 0.05) is 0 Å². The normalized spacial score (nSPS) is 12.6. The summed E-state index contributed by atoms with van der Waals surface area (Å²) in [6.07, 6.45) is 0.100. The molecule has 1 rings (SSSR count). The van der Waals surface area contributed by atoms with Crippen molar-refractivity contribution in [3.05, 3.63) is 21.0 Å². The Bertz CT molecular complexity index is 318. The van der Waals surface area contributed by atoms with Crippen LogP contribution < -0.4 is 5.73 Å². The number of furan rings is 1. The van der Waals surface area contributed by atoms with E-state index in [2.05, 4.69) is 36.6 Å². The van der Waals surface area contributed by atoms with Gasteiger partial charge in [-0.2, -0.15) is 0 Å². The summed E-state index contributed by atoms with van der Waals surface area (Å²) in [5, 5.41) is 0. The van der Waals surface area contributed by atoms with Gasteiger partial charge < -0.3 is 14.9 Å². The first-order valence-corrected chi connectivity index (χ1v) is 5.40. The molecule has 0 aliphatic rings. The maximum Gasteiger partial charge on any atom is 0.307 e. The van der Waals surface area contributed by atoms with Gasteiger partial charge >= 0.3 is 5.97 Å². The summed E-state index contributed by atoms with van der Waals surface area (Å²) in [6.45, 7) is 0. The summed E-state index contributed by atoms with van der Waals surface area (Å²) in [7, 11) is 1.32. The Labute approximate surface area is 98.0 Å². The van der Waals surface area contributed by atoms with E-state index in [1.54, 1.807) is 6.07 Å². The van der Waals surface area contributed by atoms with E-state index in [0.717, 1.165) is 4.47 Å². The standard InChI is InChI=1S/C8H9Br2NO3/c1-13-7(12)3-5(11)6-2-4(9)8(10)14-6/h2,5H,3,11H2,1H3/t5-/m0/s1. The lowest BCUT2D eigenvalue weighted by Crippen LogP contribution is -2.15. The number of esters is 1. The maximum absolute atomic E-state index is 10.9. The summed E-state index contributed by atoms with van der Waals surface area (Å²) in [5.41, 5.74) is 5.72. The molecule has 0 radical (unpaired) electrons. The molecule has 14 heavy (non-hydrogen) atoms. The van der Waals surface area contributed by atoms with E-state index in [1.807, 2.05) is 0 Å². The van der Waals surface area contributed by atoms with E-state index in [0.29, 0.717) is 10.4 Å². The van der Waals surface area contributed by atoms with E-state index in [-0.39, 0.29) is 12.4 Å². The van der Waals surface area contributed by atoms with Gasteiger partial charge in [0.25, 0.3) is 0 Å². The van der Waals surface area contributed by atoms with Crippen molar-refractivity contribution >= 4 is 37.8 Å². The first-order valence-electron chi connectivity index (χ1n) is 3.81. The summed E-state index contributed by atoms with van der Waals surface area (Å²) in [5.74, 6) is 0.176. The van der Waals surface area contributed by atoms with Crippen molar-refractivity contribution in [1.82, 2.24) is 0 Å². The first kappa shape index (κ1) is 11.7. The molecule has 0 fully saturated rings. The second-order valence-corrected chi connectivity index (χ2v) is 4.23. The Morgan fingerprint density at radius 3 is 2.79 bits per heavy atom. The van der Waals surface area contributed by atoms with Gasteiger partial charge in [0.1, 0.15) is 5.76 Å². The lowest BCUT2D eigenvalue weighted by Gasteiger charge is -2.05. The van der Waals surface area contributed by atoms with Crippen LogP contribution in [0.3, 0.4) is 0 Å². The van der Waals surface area contributed by atoms with Crippen LogP contribution in [-0.2, 0) is 9.53 Å². The monoisotopic (exact) mass is 325 g/mol. The third kappa shape index (κ3) is 2.83. The summed E-state index contributed by atoms with van der Waals surface area (Å²) in [4.78, 5) is 10.9. The number of halogens is 2. The quantitative estimate of drug-likeness (QED) is 0.866. The topological polar surface area (TPSA) is 65.5 Å². The van der Waals surface area contributed by atoms with Crippen molar-refractivity contribution in [1.29, 1.82) is 0 Å². The van der Waals surface area contributed by atoms with Gasteiger partial charge in [-0.05, 0) is 37.9 Å². The van der Waals surface area contributed by atoms with Crippen molar-refractivity contribution in [3.63, 3.8) is 0 Å². The number of hydrogen-bond acceptors (Lipinski definition) is 4.